The van der Waals surface area contributed by atoms with Crippen molar-refractivity contribution in [2.75, 3.05) is 6.61 Å². The smallest absolute Gasteiger partial charge is 0.0771 e. The molecule has 0 radical (unpaired) electrons. The monoisotopic (exact) mass is 152 g/mol. The molecule has 1 aliphatic rings. The fourth-order valence-corrected chi connectivity index (χ4v) is 1.41. The third-order valence-corrected chi connectivity index (χ3v) is 1.97. The van der Waals surface area contributed by atoms with Gasteiger partial charge in [0.25, 0.3) is 0 Å². The van der Waals surface area contributed by atoms with Crippen LogP contribution in [0.2, 0.25) is 0 Å². The van der Waals surface area contributed by atoms with Crippen molar-refractivity contribution in [2.45, 2.75) is 25.5 Å². The summed E-state index contributed by atoms with van der Waals surface area (Å²) >= 11 is 0. The Hall–Kier alpha value is -0.830. The number of nitrogens with zero attached hydrogens (tertiary/aromatic N) is 2. The molecule has 0 amide bonds. The quantitative estimate of drug-likeness (QED) is 0.633. The van der Waals surface area contributed by atoms with Gasteiger partial charge >= 0.3 is 0 Å². The Morgan fingerprint density at radius 3 is 3.27 bits per heavy atom. The number of rotatable bonds is 2. The van der Waals surface area contributed by atoms with Crippen LogP contribution in [0, 0.1) is 0 Å². The molecule has 2 heterocycles. The van der Waals surface area contributed by atoms with Crippen molar-refractivity contribution >= 4 is 0 Å². The molecule has 0 bridgehead atoms. The summed E-state index contributed by atoms with van der Waals surface area (Å²) in [5.74, 6) is 0. The molecule has 0 aromatic carbocycles. The summed E-state index contributed by atoms with van der Waals surface area (Å²) in [5.41, 5.74) is 0. The van der Waals surface area contributed by atoms with Crippen LogP contribution in [0.3, 0.4) is 0 Å². The van der Waals surface area contributed by atoms with Crippen molar-refractivity contribution in [1.82, 2.24) is 9.78 Å². The van der Waals surface area contributed by atoms with Gasteiger partial charge in [0.1, 0.15) is 0 Å². The van der Waals surface area contributed by atoms with Crippen LogP contribution in [0.4, 0.5) is 0 Å². The molecule has 0 aliphatic carbocycles. The van der Waals surface area contributed by atoms with Gasteiger partial charge in [0, 0.05) is 19.0 Å². The summed E-state index contributed by atoms with van der Waals surface area (Å²) in [6.45, 7) is 1.83. The van der Waals surface area contributed by atoms with Gasteiger partial charge in [-0.1, -0.05) is 0 Å². The van der Waals surface area contributed by atoms with Crippen molar-refractivity contribution in [1.29, 1.82) is 0 Å². The van der Waals surface area contributed by atoms with Crippen LogP contribution >= 0.6 is 0 Å². The molecule has 0 spiro atoms. The van der Waals surface area contributed by atoms with Gasteiger partial charge in [0.05, 0.1) is 12.6 Å². The van der Waals surface area contributed by atoms with Crippen LogP contribution in [0.15, 0.2) is 18.5 Å². The maximum Gasteiger partial charge on any atom is 0.0771 e. The van der Waals surface area contributed by atoms with Crippen molar-refractivity contribution < 1.29 is 4.74 Å². The number of aromatic nitrogens is 2. The molecule has 1 aromatic rings. The first-order valence-corrected chi connectivity index (χ1v) is 4.04. The number of hydrogen-bond acceptors (Lipinski definition) is 2. The molecule has 0 N–H and O–H groups in total. The minimum absolute atomic E-state index is 0.398. The molecule has 2 rings (SSSR count). The van der Waals surface area contributed by atoms with E-state index in [9.17, 15) is 0 Å². The van der Waals surface area contributed by atoms with Gasteiger partial charge in [0.2, 0.25) is 0 Å². The minimum Gasteiger partial charge on any atom is -0.376 e. The van der Waals surface area contributed by atoms with Crippen molar-refractivity contribution in [3.8, 4) is 0 Å². The van der Waals surface area contributed by atoms with Gasteiger partial charge < -0.3 is 4.74 Å². The van der Waals surface area contributed by atoms with E-state index in [1.54, 1.807) is 6.20 Å². The van der Waals surface area contributed by atoms with Gasteiger partial charge in [-0.05, 0) is 18.9 Å². The minimum atomic E-state index is 0.398. The maximum absolute atomic E-state index is 5.47. The third kappa shape index (κ3) is 1.60. The van der Waals surface area contributed by atoms with E-state index >= 15 is 0 Å². The fourth-order valence-electron chi connectivity index (χ4n) is 1.41. The van der Waals surface area contributed by atoms with Crippen LogP contribution in [-0.2, 0) is 11.3 Å². The predicted molar refractivity (Wildman–Crippen MR) is 41.2 cm³/mol. The summed E-state index contributed by atoms with van der Waals surface area (Å²) < 4.78 is 7.39. The fraction of sp³-hybridized carbons (Fsp3) is 0.625. The van der Waals surface area contributed by atoms with E-state index in [-0.39, 0.29) is 0 Å². The second kappa shape index (κ2) is 3.05. The molecule has 11 heavy (non-hydrogen) atoms. The van der Waals surface area contributed by atoms with Gasteiger partial charge in [0.15, 0.2) is 0 Å². The third-order valence-electron chi connectivity index (χ3n) is 1.97. The zero-order valence-corrected chi connectivity index (χ0v) is 6.44. The highest BCUT2D eigenvalue weighted by atomic mass is 16.5. The topological polar surface area (TPSA) is 27.1 Å². The second-order valence-electron chi connectivity index (χ2n) is 2.86. The SMILES string of the molecule is c1cnn(C[C@H]2CCCO2)c1. The van der Waals surface area contributed by atoms with E-state index in [2.05, 4.69) is 5.10 Å². The highest BCUT2D eigenvalue weighted by Gasteiger charge is 2.15. The molecule has 3 nitrogen and oxygen atoms in total. The number of ether oxygens (including phenoxy) is 1. The Labute approximate surface area is 66.0 Å². The summed E-state index contributed by atoms with van der Waals surface area (Å²) in [6.07, 6.45) is 6.55. The first-order chi connectivity index (χ1) is 5.45. The Kier molecular flexibility index (Phi) is 1.90. The van der Waals surface area contributed by atoms with Gasteiger partial charge in [-0.25, -0.2) is 0 Å². The maximum atomic E-state index is 5.47. The molecule has 0 saturated carbocycles. The molecule has 0 unspecified atom stereocenters. The summed E-state index contributed by atoms with van der Waals surface area (Å²) in [5, 5.41) is 4.12. The highest BCUT2D eigenvalue weighted by Crippen LogP contribution is 2.12. The van der Waals surface area contributed by atoms with Gasteiger partial charge in [-0.3, -0.25) is 4.68 Å². The van der Waals surface area contributed by atoms with E-state index in [4.69, 9.17) is 4.74 Å². The molecule has 1 aliphatic heterocycles. The molecular weight excluding hydrogens is 140 g/mol. The first-order valence-electron chi connectivity index (χ1n) is 4.04. The van der Waals surface area contributed by atoms with Crippen LogP contribution in [0.25, 0.3) is 0 Å². The van der Waals surface area contributed by atoms with Gasteiger partial charge in [-0.15, -0.1) is 0 Å². The van der Waals surface area contributed by atoms with E-state index in [0.717, 1.165) is 13.2 Å². The Balaban J connectivity index is 1.90. The molecule has 3 heteroatoms. The van der Waals surface area contributed by atoms with E-state index < -0.39 is 0 Å². The second-order valence-corrected chi connectivity index (χ2v) is 2.86. The zero-order valence-electron chi connectivity index (χ0n) is 6.44. The van der Waals surface area contributed by atoms with E-state index in [1.165, 1.54) is 12.8 Å². The highest BCUT2D eigenvalue weighted by molar-refractivity contribution is 4.79. The van der Waals surface area contributed by atoms with Crippen LogP contribution in [0.1, 0.15) is 12.8 Å². The van der Waals surface area contributed by atoms with Crippen LogP contribution < -0.4 is 0 Å². The first kappa shape index (κ1) is 6.85. The summed E-state index contributed by atoms with van der Waals surface area (Å²) in [6, 6.07) is 1.94. The van der Waals surface area contributed by atoms with Crippen LogP contribution in [0.5, 0.6) is 0 Å². The van der Waals surface area contributed by atoms with Crippen LogP contribution in [-0.4, -0.2) is 22.5 Å². The lowest BCUT2D eigenvalue weighted by Gasteiger charge is -2.07. The summed E-state index contributed by atoms with van der Waals surface area (Å²) in [7, 11) is 0. The average molecular weight is 152 g/mol. The van der Waals surface area contributed by atoms with E-state index in [1.807, 2.05) is 16.9 Å². The van der Waals surface area contributed by atoms with Crippen molar-refractivity contribution in [3.05, 3.63) is 18.5 Å². The molecule has 1 atom stereocenters. The largest absolute Gasteiger partial charge is 0.376 e. The molecule has 1 saturated heterocycles. The molecule has 1 aromatic heterocycles. The Bertz CT molecular complexity index is 202. The number of hydrogen-bond donors (Lipinski definition) is 0. The molecule has 60 valence electrons. The predicted octanol–water partition coefficient (Wildman–Crippen LogP) is 1.06. The lowest BCUT2D eigenvalue weighted by atomic mass is 10.2. The van der Waals surface area contributed by atoms with E-state index in [0.29, 0.717) is 6.10 Å². The summed E-state index contributed by atoms with van der Waals surface area (Å²) in [4.78, 5) is 0. The lowest BCUT2D eigenvalue weighted by Crippen LogP contribution is -2.14. The van der Waals surface area contributed by atoms with Crippen molar-refractivity contribution in [3.63, 3.8) is 0 Å². The van der Waals surface area contributed by atoms with Gasteiger partial charge in [-0.2, -0.15) is 5.10 Å². The zero-order chi connectivity index (χ0) is 7.52. The van der Waals surface area contributed by atoms with Crippen molar-refractivity contribution in [2.24, 2.45) is 0 Å². The Morgan fingerprint density at radius 2 is 2.64 bits per heavy atom. The molecule has 1 fully saturated rings. The average Bonchev–Trinajstić information content (AvgIpc) is 2.60. The molecular formula is C8H12N2O. The Morgan fingerprint density at radius 1 is 1.64 bits per heavy atom. The standard InChI is InChI=1S/C8H12N2O/c1-3-8(11-6-1)7-10-5-2-4-9-10/h2,4-5,8H,1,3,6-7H2/t8-/m1/s1. The lowest BCUT2D eigenvalue weighted by molar-refractivity contribution is 0.0940. The normalized spacial score (nSPS) is 24.2.